The van der Waals surface area contributed by atoms with Crippen molar-refractivity contribution >= 4 is 17.5 Å². The first-order chi connectivity index (χ1) is 8.16. The number of benzene rings is 1. The summed E-state index contributed by atoms with van der Waals surface area (Å²) in [5, 5.41) is 11.1. The van der Waals surface area contributed by atoms with Crippen LogP contribution in [0, 0.1) is 5.82 Å². The molecule has 0 unspecified atom stereocenters. The van der Waals surface area contributed by atoms with Crippen LogP contribution >= 0.6 is 11.6 Å². The minimum atomic E-state index is -0.693. The molecule has 1 rings (SSSR count). The first-order valence-electron chi connectivity index (χ1n) is 5.50. The summed E-state index contributed by atoms with van der Waals surface area (Å²) in [7, 11) is 0. The largest absolute Gasteiger partial charge is 0.396 e. The number of nitrogens with one attached hydrogen (secondary N) is 1. The summed E-state index contributed by atoms with van der Waals surface area (Å²) in [6.45, 7) is 0.613. The van der Waals surface area contributed by atoms with E-state index in [4.69, 9.17) is 16.7 Å². The van der Waals surface area contributed by atoms with Crippen molar-refractivity contribution in [2.75, 3.05) is 13.2 Å². The predicted octanol–water partition coefficient (Wildman–Crippen LogP) is 2.37. The SMILES string of the molecule is O=C(NCCCCCO)c1cccc(Cl)c1F. The van der Waals surface area contributed by atoms with E-state index in [0.717, 1.165) is 12.8 Å². The molecule has 0 fully saturated rings. The summed E-state index contributed by atoms with van der Waals surface area (Å²) < 4.78 is 13.5. The predicted molar refractivity (Wildman–Crippen MR) is 64.7 cm³/mol. The molecule has 17 heavy (non-hydrogen) atoms. The summed E-state index contributed by atoms with van der Waals surface area (Å²) in [5.74, 6) is -1.16. The highest BCUT2D eigenvalue weighted by Crippen LogP contribution is 2.17. The Bertz CT molecular complexity index is 385. The fraction of sp³-hybridized carbons (Fsp3) is 0.417. The second kappa shape index (κ2) is 7.25. The van der Waals surface area contributed by atoms with Gasteiger partial charge < -0.3 is 10.4 Å². The Balaban J connectivity index is 2.44. The van der Waals surface area contributed by atoms with Gasteiger partial charge in [0.2, 0.25) is 0 Å². The van der Waals surface area contributed by atoms with Crippen LogP contribution in [0.3, 0.4) is 0 Å². The molecule has 0 spiro atoms. The number of rotatable bonds is 6. The van der Waals surface area contributed by atoms with E-state index in [1.807, 2.05) is 0 Å². The van der Waals surface area contributed by atoms with Crippen LogP contribution in [0.4, 0.5) is 4.39 Å². The van der Waals surface area contributed by atoms with Crippen molar-refractivity contribution in [2.24, 2.45) is 0 Å². The normalized spacial score (nSPS) is 10.3. The van der Waals surface area contributed by atoms with Crippen molar-refractivity contribution < 1.29 is 14.3 Å². The van der Waals surface area contributed by atoms with Gasteiger partial charge in [0.1, 0.15) is 0 Å². The molecule has 0 aliphatic rings. The van der Waals surface area contributed by atoms with Crippen molar-refractivity contribution in [3.8, 4) is 0 Å². The van der Waals surface area contributed by atoms with Crippen LogP contribution in [-0.4, -0.2) is 24.2 Å². The quantitative estimate of drug-likeness (QED) is 0.771. The molecule has 0 aliphatic heterocycles. The highest BCUT2D eigenvalue weighted by molar-refractivity contribution is 6.31. The van der Waals surface area contributed by atoms with E-state index in [-0.39, 0.29) is 17.2 Å². The van der Waals surface area contributed by atoms with Gasteiger partial charge in [-0.2, -0.15) is 0 Å². The first kappa shape index (κ1) is 13.9. The van der Waals surface area contributed by atoms with E-state index in [2.05, 4.69) is 5.32 Å². The van der Waals surface area contributed by atoms with Crippen molar-refractivity contribution in [3.05, 3.63) is 34.6 Å². The third-order valence-electron chi connectivity index (χ3n) is 2.32. The Kier molecular flexibility index (Phi) is 5.94. The average Bonchev–Trinajstić information content (AvgIpc) is 2.32. The van der Waals surface area contributed by atoms with Crippen LogP contribution in [0.1, 0.15) is 29.6 Å². The molecule has 0 atom stereocenters. The van der Waals surface area contributed by atoms with Gasteiger partial charge in [-0.1, -0.05) is 17.7 Å². The van der Waals surface area contributed by atoms with Crippen LogP contribution in [0.2, 0.25) is 5.02 Å². The standard InChI is InChI=1S/C12H15ClFNO2/c13-10-6-4-5-9(11(10)14)12(17)15-7-2-1-3-8-16/h4-6,16H,1-3,7-8H2,(H,15,17). The minimum absolute atomic E-state index is 0.0420. The lowest BCUT2D eigenvalue weighted by atomic mass is 10.2. The molecule has 0 saturated heterocycles. The second-order valence-corrected chi connectivity index (χ2v) is 4.05. The fourth-order valence-corrected chi connectivity index (χ4v) is 1.56. The van der Waals surface area contributed by atoms with Crippen LogP contribution in [0.5, 0.6) is 0 Å². The van der Waals surface area contributed by atoms with Gasteiger partial charge in [-0.25, -0.2) is 4.39 Å². The Labute approximate surface area is 105 Å². The molecule has 0 bridgehead atoms. The topological polar surface area (TPSA) is 49.3 Å². The number of aliphatic hydroxyl groups is 1. The lowest BCUT2D eigenvalue weighted by Gasteiger charge is -2.06. The third kappa shape index (κ3) is 4.32. The second-order valence-electron chi connectivity index (χ2n) is 3.64. The van der Waals surface area contributed by atoms with Gasteiger partial charge in [-0.15, -0.1) is 0 Å². The van der Waals surface area contributed by atoms with Crippen molar-refractivity contribution in [1.29, 1.82) is 0 Å². The van der Waals surface area contributed by atoms with Gasteiger partial charge in [0.05, 0.1) is 10.6 Å². The minimum Gasteiger partial charge on any atom is -0.396 e. The number of halogens is 2. The molecular formula is C12H15ClFNO2. The first-order valence-corrected chi connectivity index (χ1v) is 5.87. The average molecular weight is 260 g/mol. The van der Waals surface area contributed by atoms with Crippen molar-refractivity contribution in [3.63, 3.8) is 0 Å². The van der Waals surface area contributed by atoms with E-state index >= 15 is 0 Å². The molecule has 5 heteroatoms. The van der Waals surface area contributed by atoms with E-state index in [9.17, 15) is 9.18 Å². The van der Waals surface area contributed by atoms with Gasteiger partial charge in [0.25, 0.3) is 5.91 Å². The Morgan fingerprint density at radius 1 is 1.35 bits per heavy atom. The molecule has 0 aliphatic carbocycles. The molecule has 0 radical (unpaired) electrons. The summed E-state index contributed by atoms with van der Waals surface area (Å²) in [6, 6.07) is 4.32. The van der Waals surface area contributed by atoms with Crippen LogP contribution in [-0.2, 0) is 0 Å². The van der Waals surface area contributed by atoms with Gasteiger partial charge in [-0.05, 0) is 31.4 Å². The molecule has 0 aromatic heterocycles. The van der Waals surface area contributed by atoms with Gasteiger partial charge in [-0.3, -0.25) is 4.79 Å². The van der Waals surface area contributed by atoms with Gasteiger partial charge in [0, 0.05) is 13.2 Å². The maximum atomic E-state index is 13.5. The number of amides is 1. The molecule has 1 amide bonds. The Hall–Kier alpha value is -1.13. The summed E-state index contributed by atoms with van der Waals surface area (Å²) in [4.78, 5) is 11.6. The van der Waals surface area contributed by atoms with Crippen LogP contribution in [0.25, 0.3) is 0 Å². The van der Waals surface area contributed by atoms with Crippen LogP contribution < -0.4 is 5.32 Å². The molecule has 0 saturated carbocycles. The highest BCUT2D eigenvalue weighted by Gasteiger charge is 2.12. The van der Waals surface area contributed by atoms with E-state index < -0.39 is 11.7 Å². The Morgan fingerprint density at radius 2 is 2.12 bits per heavy atom. The third-order valence-corrected chi connectivity index (χ3v) is 2.61. The number of carbonyl (C=O) groups is 1. The summed E-state index contributed by atoms with van der Waals surface area (Å²) in [6.07, 6.45) is 2.30. The number of unbranched alkanes of at least 4 members (excludes halogenated alkanes) is 2. The molecular weight excluding hydrogens is 245 g/mol. The van der Waals surface area contributed by atoms with Gasteiger partial charge >= 0.3 is 0 Å². The number of hydrogen-bond donors (Lipinski definition) is 2. The van der Waals surface area contributed by atoms with E-state index in [1.165, 1.54) is 18.2 Å². The zero-order valence-corrected chi connectivity index (χ0v) is 10.1. The summed E-state index contributed by atoms with van der Waals surface area (Å²) in [5.41, 5.74) is -0.0420. The maximum absolute atomic E-state index is 13.5. The van der Waals surface area contributed by atoms with Crippen LogP contribution in [0.15, 0.2) is 18.2 Å². The molecule has 3 nitrogen and oxygen atoms in total. The van der Waals surface area contributed by atoms with Crippen molar-refractivity contribution in [2.45, 2.75) is 19.3 Å². The monoisotopic (exact) mass is 259 g/mol. The maximum Gasteiger partial charge on any atom is 0.254 e. The number of hydrogen-bond acceptors (Lipinski definition) is 2. The zero-order valence-electron chi connectivity index (χ0n) is 9.38. The molecule has 1 aromatic carbocycles. The molecule has 1 aromatic rings. The Morgan fingerprint density at radius 3 is 2.82 bits per heavy atom. The molecule has 0 heterocycles. The molecule has 2 N–H and O–H groups in total. The highest BCUT2D eigenvalue weighted by atomic mass is 35.5. The van der Waals surface area contributed by atoms with Crippen molar-refractivity contribution in [1.82, 2.24) is 5.32 Å². The van der Waals surface area contributed by atoms with E-state index in [0.29, 0.717) is 13.0 Å². The van der Waals surface area contributed by atoms with E-state index in [1.54, 1.807) is 0 Å². The smallest absolute Gasteiger partial charge is 0.254 e. The van der Waals surface area contributed by atoms with Gasteiger partial charge in [0.15, 0.2) is 5.82 Å². The summed E-state index contributed by atoms with van der Waals surface area (Å²) >= 11 is 5.58. The molecule has 94 valence electrons. The number of carbonyl (C=O) groups excluding carboxylic acids is 1. The fourth-order valence-electron chi connectivity index (χ4n) is 1.39. The zero-order chi connectivity index (χ0) is 12.7. The number of aliphatic hydroxyl groups excluding tert-OH is 1. The lowest BCUT2D eigenvalue weighted by molar-refractivity contribution is 0.0949. The lowest BCUT2D eigenvalue weighted by Crippen LogP contribution is -2.25.